The standard InChI is InChI=1S/C24H37N3O2/c1-15(2)20-8-7-9-21(16(3)4)23(20)26-24(28)25-14-18-10-11-19(13-18)22-12-17(5)29-27(22)6/h7-9,12,15-19H,10-11,13-14H2,1-6H3,(H2,25,26,28). The van der Waals surface area contributed by atoms with E-state index in [4.69, 9.17) is 4.84 Å². The molecule has 1 fully saturated rings. The molecule has 5 nitrogen and oxygen atoms in total. The van der Waals surface area contributed by atoms with E-state index in [1.54, 1.807) is 0 Å². The molecule has 3 rings (SSSR count). The van der Waals surface area contributed by atoms with Crippen molar-refractivity contribution in [2.75, 3.05) is 18.9 Å². The summed E-state index contributed by atoms with van der Waals surface area (Å²) in [5.74, 6) is 1.77. The Bertz CT molecular complexity index is 730. The predicted octanol–water partition coefficient (Wildman–Crippen LogP) is 5.62. The summed E-state index contributed by atoms with van der Waals surface area (Å²) in [7, 11) is 1.99. The number of rotatable bonds is 6. The smallest absolute Gasteiger partial charge is 0.319 e. The van der Waals surface area contributed by atoms with Gasteiger partial charge in [-0.15, -0.1) is 0 Å². The summed E-state index contributed by atoms with van der Waals surface area (Å²) in [6, 6.07) is 6.22. The maximum atomic E-state index is 12.7. The lowest BCUT2D eigenvalue weighted by Crippen LogP contribution is -2.33. The fourth-order valence-electron chi connectivity index (χ4n) is 4.70. The number of nitrogens with one attached hydrogen (secondary N) is 2. The van der Waals surface area contributed by atoms with Gasteiger partial charge in [-0.1, -0.05) is 45.9 Å². The topological polar surface area (TPSA) is 53.6 Å². The SMILES string of the molecule is CC1C=C(C2CCC(CNC(=O)Nc3c(C(C)C)cccc3C(C)C)C2)N(C)O1. The Morgan fingerprint density at radius 1 is 1.17 bits per heavy atom. The van der Waals surface area contributed by atoms with Crippen LogP contribution in [0.4, 0.5) is 10.5 Å². The van der Waals surface area contributed by atoms with Crippen LogP contribution in [0.3, 0.4) is 0 Å². The lowest BCUT2D eigenvalue weighted by Gasteiger charge is -2.21. The molecule has 29 heavy (non-hydrogen) atoms. The van der Waals surface area contributed by atoms with Gasteiger partial charge >= 0.3 is 6.03 Å². The van der Waals surface area contributed by atoms with Gasteiger partial charge in [0.2, 0.25) is 0 Å². The monoisotopic (exact) mass is 399 g/mol. The van der Waals surface area contributed by atoms with Gasteiger partial charge in [-0.2, -0.15) is 0 Å². The average Bonchev–Trinajstić information content (AvgIpc) is 3.25. The van der Waals surface area contributed by atoms with Crippen molar-refractivity contribution in [3.05, 3.63) is 41.1 Å². The van der Waals surface area contributed by atoms with Crippen molar-refractivity contribution in [1.82, 2.24) is 10.4 Å². The number of carbonyl (C=O) groups excluding carboxylic acids is 1. The second kappa shape index (κ2) is 9.21. The van der Waals surface area contributed by atoms with E-state index in [9.17, 15) is 4.79 Å². The van der Waals surface area contributed by atoms with Crippen LogP contribution >= 0.6 is 0 Å². The van der Waals surface area contributed by atoms with Gasteiger partial charge in [0, 0.05) is 30.9 Å². The first-order chi connectivity index (χ1) is 13.8. The molecular weight excluding hydrogens is 362 g/mol. The second-order valence-corrected chi connectivity index (χ2v) is 9.23. The first-order valence-corrected chi connectivity index (χ1v) is 11.1. The highest BCUT2D eigenvalue weighted by atomic mass is 16.7. The fraction of sp³-hybridized carbons (Fsp3) is 0.625. The van der Waals surface area contributed by atoms with E-state index in [-0.39, 0.29) is 12.1 Å². The first-order valence-electron chi connectivity index (χ1n) is 11.1. The Hall–Kier alpha value is -2.01. The highest BCUT2D eigenvalue weighted by Gasteiger charge is 2.32. The first kappa shape index (κ1) is 21.7. The van der Waals surface area contributed by atoms with E-state index in [1.807, 2.05) is 12.1 Å². The van der Waals surface area contributed by atoms with Crippen molar-refractivity contribution in [2.45, 2.75) is 71.8 Å². The minimum absolute atomic E-state index is 0.0994. The number of hydrogen-bond donors (Lipinski definition) is 2. The number of benzene rings is 1. The number of amides is 2. The third kappa shape index (κ3) is 5.13. The van der Waals surface area contributed by atoms with Gasteiger partial charge in [-0.3, -0.25) is 9.90 Å². The molecule has 2 amide bonds. The zero-order chi connectivity index (χ0) is 21.1. The summed E-state index contributed by atoms with van der Waals surface area (Å²) in [5.41, 5.74) is 4.66. The molecule has 0 radical (unpaired) electrons. The molecule has 0 aromatic heterocycles. The van der Waals surface area contributed by atoms with Gasteiger partial charge in [0.15, 0.2) is 0 Å². The molecule has 1 aromatic rings. The molecule has 1 aliphatic carbocycles. The van der Waals surface area contributed by atoms with Crippen LogP contribution in [0.15, 0.2) is 30.0 Å². The van der Waals surface area contributed by atoms with E-state index >= 15 is 0 Å². The van der Waals surface area contributed by atoms with Crippen LogP contribution < -0.4 is 10.6 Å². The fourth-order valence-corrected chi connectivity index (χ4v) is 4.70. The van der Waals surface area contributed by atoms with Crippen molar-refractivity contribution in [3.8, 4) is 0 Å². The van der Waals surface area contributed by atoms with Crippen LogP contribution in [0.2, 0.25) is 0 Å². The summed E-state index contributed by atoms with van der Waals surface area (Å²) in [6.07, 6.45) is 5.79. The number of urea groups is 1. The van der Waals surface area contributed by atoms with Gasteiger partial charge < -0.3 is 10.6 Å². The number of carbonyl (C=O) groups is 1. The number of anilines is 1. The van der Waals surface area contributed by atoms with Crippen molar-refractivity contribution >= 4 is 11.7 Å². The highest BCUT2D eigenvalue weighted by molar-refractivity contribution is 5.91. The predicted molar refractivity (Wildman–Crippen MR) is 119 cm³/mol. The van der Waals surface area contributed by atoms with Crippen LogP contribution in [0.25, 0.3) is 0 Å². The molecule has 2 aliphatic rings. The van der Waals surface area contributed by atoms with Crippen molar-refractivity contribution < 1.29 is 9.63 Å². The Balaban J connectivity index is 1.57. The largest absolute Gasteiger partial charge is 0.338 e. The van der Waals surface area contributed by atoms with Crippen LogP contribution in [-0.4, -0.2) is 30.8 Å². The number of para-hydroxylation sites is 1. The minimum atomic E-state index is -0.0994. The summed E-state index contributed by atoms with van der Waals surface area (Å²) in [5, 5.41) is 8.20. The molecule has 3 unspecified atom stereocenters. The molecule has 3 atom stereocenters. The number of hydroxylamine groups is 2. The molecule has 5 heteroatoms. The van der Waals surface area contributed by atoms with Crippen LogP contribution in [-0.2, 0) is 4.84 Å². The summed E-state index contributed by atoms with van der Waals surface area (Å²) in [4.78, 5) is 18.4. The zero-order valence-electron chi connectivity index (χ0n) is 18.8. The summed E-state index contributed by atoms with van der Waals surface area (Å²) < 4.78 is 0. The Morgan fingerprint density at radius 2 is 1.83 bits per heavy atom. The summed E-state index contributed by atoms with van der Waals surface area (Å²) in [6.45, 7) is 11.5. The molecule has 2 N–H and O–H groups in total. The normalized spacial score (nSPS) is 24.3. The molecule has 0 saturated heterocycles. The third-order valence-corrected chi connectivity index (χ3v) is 6.22. The van der Waals surface area contributed by atoms with Gasteiger partial charge in [-0.25, -0.2) is 4.79 Å². The third-order valence-electron chi connectivity index (χ3n) is 6.22. The van der Waals surface area contributed by atoms with Crippen molar-refractivity contribution in [2.24, 2.45) is 11.8 Å². The number of allylic oxidation sites excluding steroid dienone is 1. The van der Waals surface area contributed by atoms with E-state index in [1.165, 1.54) is 16.8 Å². The maximum Gasteiger partial charge on any atom is 0.319 e. The molecule has 0 spiro atoms. The van der Waals surface area contributed by atoms with Gasteiger partial charge in [0.25, 0.3) is 0 Å². The molecule has 160 valence electrons. The Morgan fingerprint density at radius 3 is 2.38 bits per heavy atom. The van der Waals surface area contributed by atoms with E-state index in [0.717, 1.165) is 31.5 Å². The number of hydrogen-bond acceptors (Lipinski definition) is 3. The van der Waals surface area contributed by atoms with E-state index in [2.05, 4.69) is 69.5 Å². The minimum Gasteiger partial charge on any atom is -0.338 e. The molecule has 1 aromatic carbocycles. The highest BCUT2D eigenvalue weighted by Crippen LogP contribution is 2.38. The molecular formula is C24H37N3O2. The van der Waals surface area contributed by atoms with Crippen LogP contribution in [0, 0.1) is 11.8 Å². The Labute approximate surface area is 175 Å². The van der Waals surface area contributed by atoms with Crippen LogP contribution in [0.5, 0.6) is 0 Å². The van der Waals surface area contributed by atoms with Crippen LogP contribution in [0.1, 0.15) is 76.8 Å². The lowest BCUT2D eigenvalue weighted by atomic mass is 9.93. The van der Waals surface area contributed by atoms with Crippen molar-refractivity contribution in [1.29, 1.82) is 0 Å². The quantitative estimate of drug-likeness (QED) is 0.653. The lowest BCUT2D eigenvalue weighted by molar-refractivity contribution is -0.117. The second-order valence-electron chi connectivity index (χ2n) is 9.23. The number of nitrogens with zero attached hydrogens (tertiary/aromatic N) is 1. The zero-order valence-corrected chi connectivity index (χ0v) is 18.8. The van der Waals surface area contributed by atoms with Gasteiger partial charge in [-0.05, 0) is 61.1 Å². The molecule has 1 aliphatic heterocycles. The molecule has 0 bridgehead atoms. The molecule has 1 heterocycles. The van der Waals surface area contributed by atoms with Gasteiger partial charge in [0.1, 0.15) is 6.10 Å². The van der Waals surface area contributed by atoms with E-state index < -0.39 is 0 Å². The Kier molecular flexibility index (Phi) is 6.89. The maximum absolute atomic E-state index is 12.7. The van der Waals surface area contributed by atoms with E-state index in [0.29, 0.717) is 23.7 Å². The average molecular weight is 400 g/mol. The van der Waals surface area contributed by atoms with Gasteiger partial charge in [0.05, 0.1) is 0 Å². The summed E-state index contributed by atoms with van der Waals surface area (Å²) >= 11 is 0. The molecule has 1 saturated carbocycles. The van der Waals surface area contributed by atoms with Crippen molar-refractivity contribution in [3.63, 3.8) is 0 Å².